The molecular formula is C25H24N4O5. The topological polar surface area (TPSA) is 113 Å². The summed E-state index contributed by atoms with van der Waals surface area (Å²) in [5, 5.41) is 26.9. The average molecular weight is 460 g/mol. The number of carboxylic acid groups (broad SMARTS) is 1. The second-order valence-corrected chi connectivity index (χ2v) is 8.54. The third-order valence-electron chi connectivity index (χ3n) is 6.51. The number of hydrogen-bond acceptors (Lipinski definition) is 4. The fourth-order valence-electron chi connectivity index (χ4n) is 4.78. The largest absolute Gasteiger partial charge is 0.464 e. The third kappa shape index (κ3) is 3.60. The Morgan fingerprint density at radius 1 is 1.03 bits per heavy atom. The molecule has 3 N–H and O–H groups in total. The molecule has 0 aromatic heterocycles. The molecule has 0 bridgehead atoms. The quantitative estimate of drug-likeness (QED) is 0.554. The highest BCUT2D eigenvalue weighted by Crippen LogP contribution is 2.29. The fraction of sp³-hybridized carbons (Fsp3) is 0.240. The minimum absolute atomic E-state index is 0.0379. The van der Waals surface area contributed by atoms with Gasteiger partial charge in [0.1, 0.15) is 18.3 Å². The number of aliphatic hydroxyl groups excluding tert-OH is 1. The Morgan fingerprint density at radius 3 is 2.50 bits per heavy atom. The van der Waals surface area contributed by atoms with E-state index in [1.54, 1.807) is 0 Å². The first-order valence-corrected chi connectivity index (χ1v) is 11.0. The maximum atomic E-state index is 12.8. The Bertz CT molecular complexity index is 1280. The molecule has 0 aliphatic carbocycles. The number of nitrogens with zero attached hydrogens (tertiary/aromatic N) is 3. The van der Waals surface area contributed by atoms with Gasteiger partial charge < -0.3 is 15.5 Å². The van der Waals surface area contributed by atoms with Gasteiger partial charge >= 0.3 is 12.1 Å². The predicted octanol–water partition coefficient (Wildman–Crippen LogP) is 2.55. The van der Waals surface area contributed by atoms with Crippen LogP contribution in [0.1, 0.15) is 22.8 Å². The summed E-state index contributed by atoms with van der Waals surface area (Å²) in [6, 6.07) is 19.5. The van der Waals surface area contributed by atoms with Gasteiger partial charge in [-0.1, -0.05) is 60.7 Å². The summed E-state index contributed by atoms with van der Waals surface area (Å²) in [5.74, 6) is -0.321. The lowest BCUT2D eigenvalue weighted by molar-refractivity contribution is -0.130. The van der Waals surface area contributed by atoms with Crippen LogP contribution in [0.2, 0.25) is 0 Å². The standard InChI is InChI=1S/C25H24N4O5/c1-27-24(32)28-20(23(31)26-14-21(28)29(27)25(33)34)12-15-7-8-16-9-10-18(13-19(16)11-15)22(30)17-5-3-2-4-6-17/h2-11,13,20-22,30H,12,14H2,1H3,(H,26,31)(H,33,34). The summed E-state index contributed by atoms with van der Waals surface area (Å²) in [6.07, 6.45) is -2.57. The molecule has 9 nitrogen and oxygen atoms in total. The monoisotopic (exact) mass is 460 g/mol. The van der Waals surface area contributed by atoms with Crippen LogP contribution in [0.3, 0.4) is 0 Å². The van der Waals surface area contributed by atoms with Crippen molar-refractivity contribution in [2.45, 2.75) is 24.7 Å². The molecule has 9 heteroatoms. The van der Waals surface area contributed by atoms with E-state index in [-0.39, 0.29) is 18.9 Å². The first-order valence-electron chi connectivity index (χ1n) is 11.0. The number of aliphatic hydroxyl groups is 1. The number of fused-ring (bicyclic) bond motifs is 2. The molecule has 0 saturated carbocycles. The lowest BCUT2D eigenvalue weighted by Gasteiger charge is -2.36. The molecule has 3 aromatic rings. The maximum Gasteiger partial charge on any atom is 0.428 e. The van der Waals surface area contributed by atoms with E-state index < -0.39 is 30.4 Å². The van der Waals surface area contributed by atoms with Gasteiger partial charge in [-0.3, -0.25) is 9.69 Å². The lowest BCUT2D eigenvalue weighted by atomic mass is 9.95. The minimum atomic E-state index is -1.26. The number of amides is 4. The number of nitrogens with one attached hydrogen (secondary N) is 1. The van der Waals surface area contributed by atoms with E-state index in [9.17, 15) is 24.6 Å². The summed E-state index contributed by atoms with van der Waals surface area (Å²) in [6.45, 7) is 0.0379. The predicted molar refractivity (Wildman–Crippen MR) is 124 cm³/mol. The summed E-state index contributed by atoms with van der Waals surface area (Å²) < 4.78 is 0. The van der Waals surface area contributed by atoms with E-state index in [1.165, 1.54) is 11.9 Å². The van der Waals surface area contributed by atoms with Crippen LogP contribution in [0.25, 0.3) is 10.8 Å². The van der Waals surface area contributed by atoms with E-state index in [1.807, 2.05) is 66.7 Å². The summed E-state index contributed by atoms with van der Waals surface area (Å²) in [7, 11) is 1.38. The first-order chi connectivity index (χ1) is 16.3. The molecule has 2 aliphatic rings. The van der Waals surface area contributed by atoms with Gasteiger partial charge in [-0.2, -0.15) is 5.01 Å². The molecular weight excluding hydrogens is 436 g/mol. The van der Waals surface area contributed by atoms with Crippen LogP contribution in [0.5, 0.6) is 0 Å². The molecule has 2 saturated heterocycles. The summed E-state index contributed by atoms with van der Waals surface area (Å²) >= 11 is 0. The summed E-state index contributed by atoms with van der Waals surface area (Å²) in [4.78, 5) is 38.5. The van der Waals surface area contributed by atoms with Gasteiger partial charge in [-0.25, -0.2) is 14.6 Å². The molecule has 5 rings (SSSR count). The highest BCUT2D eigenvalue weighted by Gasteiger charge is 2.52. The highest BCUT2D eigenvalue weighted by atomic mass is 16.4. The number of hydrazine groups is 1. The molecule has 0 spiro atoms. The third-order valence-corrected chi connectivity index (χ3v) is 6.51. The molecule has 2 aliphatic heterocycles. The molecule has 3 unspecified atom stereocenters. The van der Waals surface area contributed by atoms with Crippen molar-refractivity contribution in [3.05, 3.63) is 83.4 Å². The first kappa shape index (κ1) is 21.7. The van der Waals surface area contributed by atoms with Crippen LogP contribution >= 0.6 is 0 Å². The molecule has 0 radical (unpaired) electrons. The van der Waals surface area contributed by atoms with Gasteiger partial charge in [0.25, 0.3) is 0 Å². The number of carbonyl (C=O) groups is 3. The van der Waals surface area contributed by atoms with Gasteiger partial charge in [0.15, 0.2) is 0 Å². The lowest BCUT2D eigenvalue weighted by Crippen LogP contribution is -2.62. The molecule has 2 fully saturated rings. The van der Waals surface area contributed by atoms with Gasteiger partial charge in [0, 0.05) is 13.5 Å². The fourth-order valence-corrected chi connectivity index (χ4v) is 4.78. The van der Waals surface area contributed by atoms with Crippen LogP contribution in [0, 0.1) is 0 Å². The second-order valence-electron chi connectivity index (χ2n) is 8.54. The van der Waals surface area contributed by atoms with Gasteiger partial charge in [0.2, 0.25) is 5.91 Å². The Hall–Kier alpha value is -4.11. The number of rotatable bonds is 4. The Kier molecular flexibility index (Phi) is 5.33. The highest BCUT2D eigenvalue weighted by molar-refractivity contribution is 5.91. The van der Waals surface area contributed by atoms with Crippen molar-refractivity contribution in [2.75, 3.05) is 13.6 Å². The average Bonchev–Trinajstić information content (AvgIpc) is 3.10. The normalized spacial score (nSPS) is 20.9. The van der Waals surface area contributed by atoms with E-state index in [4.69, 9.17) is 0 Å². The van der Waals surface area contributed by atoms with Crippen molar-refractivity contribution in [2.24, 2.45) is 0 Å². The van der Waals surface area contributed by atoms with E-state index in [0.717, 1.165) is 37.5 Å². The van der Waals surface area contributed by atoms with Gasteiger partial charge in [0.05, 0.1) is 6.54 Å². The van der Waals surface area contributed by atoms with Gasteiger partial charge in [-0.05, 0) is 33.5 Å². The molecule has 174 valence electrons. The van der Waals surface area contributed by atoms with Crippen molar-refractivity contribution >= 4 is 28.8 Å². The zero-order chi connectivity index (χ0) is 24.0. The summed E-state index contributed by atoms with van der Waals surface area (Å²) in [5.41, 5.74) is 2.37. The number of urea groups is 1. The van der Waals surface area contributed by atoms with Crippen molar-refractivity contribution in [1.29, 1.82) is 0 Å². The number of benzene rings is 3. The smallest absolute Gasteiger partial charge is 0.428 e. The van der Waals surface area contributed by atoms with Crippen LogP contribution in [-0.4, -0.2) is 69.0 Å². The second kappa shape index (κ2) is 8.35. The molecule has 3 atom stereocenters. The van der Waals surface area contributed by atoms with Crippen LogP contribution in [-0.2, 0) is 11.2 Å². The van der Waals surface area contributed by atoms with Crippen LogP contribution in [0.15, 0.2) is 66.7 Å². The number of carbonyl (C=O) groups excluding carboxylic acids is 2. The number of piperazine rings is 1. The maximum absolute atomic E-state index is 12.8. The number of hydrogen-bond donors (Lipinski definition) is 3. The zero-order valence-electron chi connectivity index (χ0n) is 18.5. The van der Waals surface area contributed by atoms with Crippen molar-refractivity contribution in [3.8, 4) is 0 Å². The molecule has 4 amide bonds. The van der Waals surface area contributed by atoms with Crippen molar-refractivity contribution < 1.29 is 24.6 Å². The van der Waals surface area contributed by atoms with Crippen molar-refractivity contribution in [3.63, 3.8) is 0 Å². The van der Waals surface area contributed by atoms with Crippen LogP contribution in [0.4, 0.5) is 9.59 Å². The van der Waals surface area contributed by atoms with E-state index >= 15 is 0 Å². The van der Waals surface area contributed by atoms with E-state index in [2.05, 4.69) is 5.32 Å². The van der Waals surface area contributed by atoms with E-state index in [0.29, 0.717) is 0 Å². The Labute approximate surface area is 195 Å². The molecule has 2 heterocycles. The Balaban J connectivity index is 1.44. The SMILES string of the molecule is CN1C(=O)N2C(Cc3ccc4ccc(C(O)c5ccccc5)cc4c3)C(=O)NCC2N1C(=O)O. The Morgan fingerprint density at radius 2 is 1.76 bits per heavy atom. The molecule has 34 heavy (non-hydrogen) atoms. The van der Waals surface area contributed by atoms with Crippen molar-refractivity contribution in [1.82, 2.24) is 20.2 Å². The van der Waals surface area contributed by atoms with Crippen LogP contribution < -0.4 is 5.32 Å². The minimum Gasteiger partial charge on any atom is -0.464 e. The van der Waals surface area contributed by atoms with Gasteiger partial charge in [-0.15, -0.1) is 0 Å². The molecule has 3 aromatic carbocycles. The zero-order valence-corrected chi connectivity index (χ0v) is 18.5.